The van der Waals surface area contributed by atoms with Gasteiger partial charge in [-0.2, -0.15) is 0 Å². The fraction of sp³-hybridized carbons (Fsp3) is 0.552. The number of carbonyl (C=O) groups is 2. The third-order valence-corrected chi connectivity index (χ3v) is 8.04. The molecule has 1 aromatic heterocycles. The largest absolute Gasteiger partial charge is 0.481 e. The van der Waals surface area contributed by atoms with Crippen molar-refractivity contribution in [2.45, 2.75) is 90.0 Å². The van der Waals surface area contributed by atoms with E-state index in [9.17, 15) is 14.7 Å². The molecule has 2 amide bonds. The van der Waals surface area contributed by atoms with Crippen molar-refractivity contribution < 1.29 is 19.4 Å². The zero-order chi connectivity index (χ0) is 25.5. The van der Waals surface area contributed by atoms with Crippen LogP contribution in [0.25, 0.3) is 0 Å². The number of likely N-dealkylation sites (tertiary alicyclic amines) is 1. The van der Waals surface area contributed by atoms with Crippen LogP contribution in [0.15, 0.2) is 36.4 Å². The highest BCUT2D eigenvalue weighted by Gasteiger charge is 2.56. The van der Waals surface area contributed by atoms with Gasteiger partial charge < -0.3 is 9.84 Å². The van der Waals surface area contributed by atoms with Crippen molar-refractivity contribution in [3.05, 3.63) is 58.8 Å². The lowest BCUT2D eigenvalue weighted by Gasteiger charge is -2.47. The van der Waals surface area contributed by atoms with Gasteiger partial charge in [0.15, 0.2) is 0 Å². The molecular formula is C29H38N2O4. The molecule has 1 aliphatic heterocycles. The summed E-state index contributed by atoms with van der Waals surface area (Å²) in [5.74, 6) is 1.05. The molecule has 2 atom stereocenters. The Hall–Kier alpha value is -2.89. The summed E-state index contributed by atoms with van der Waals surface area (Å²) >= 11 is 0. The second kappa shape index (κ2) is 9.29. The van der Waals surface area contributed by atoms with Gasteiger partial charge in [0, 0.05) is 17.9 Å². The maximum absolute atomic E-state index is 12.8. The van der Waals surface area contributed by atoms with Gasteiger partial charge in [0.05, 0.1) is 18.3 Å². The van der Waals surface area contributed by atoms with Gasteiger partial charge in [-0.05, 0) is 60.1 Å². The van der Waals surface area contributed by atoms with E-state index in [0.29, 0.717) is 30.6 Å². The fourth-order valence-corrected chi connectivity index (χ4v) is 5.65. The van der Waals surface area contributed by atoms with Crippen LogP contribution in [0.2, 0.25) is 0 Å². The molecule has 1 saturated heterocycles. The van der Waals surface area contributed by atoms with Crippen LogP contribution >= 0.6 is 0 Å². The summed E-state index contributed by atoms with van der Waals surface area (Å²) in [7, 11) is 1.66. The second-order valence-corrected chi connectivity index (χ2v) is 11.5. The molecule has 2 aliphatic rings. The summed E-state index contributed by atoms with van der Waals surface area (Å²) in [6, 6.07) is 12.7. The summed E-state index contributed by atoms with van der Waals surface area (Å²) in [5.41, 5.74) is 3.00. The number of hydrogen-bond donors (Lipinski definition) is 1. The van der Waals surface area contributed by atoms with Gasteiger partial charge in [-0.25, -0.2) is 14.7 Å². The molecule has 4 rings (SSSR count). The minimum atomic E-state index is -1.18. The maximum atomic E-state index is 12.8. The molecule has 2 aromatic rings. The highest BCUT2D eigenvalue weighted by atomic mass is 16.5. The van der Waals surface area contributed by atoms with Gasteiger partial charge >= 0.3 is 6.09 Å². The topological polar surface area (TPSA) is 79.7 Å². The van der Waals surface area contributed by atoms with Crippen LogP contribution in [0.1, 0.15) is 107 Å². The number of ether oxygens (including phenoxy) is 1. The number of imide groups is 1. The number of amides is 2. The van der Waals surface area contributed by atoms with Crippen LogP contribution in [-0.4, -0.2) is 39.6 Å². The zero-order valence-electron chi connectivity index (χ0n) is 21.8. The lowest BCUT2D eigenvalue weighted by atomic mass is 9.66. The summed E-state index contributed by atoms with van der Waals surface area (Å²) in [4.78, 5) is 31.2. The van der Waals surface area contributed by atoms with Crippen LogP contribution in [0.4, 0.5) is 4.79 Å². The van der Waals surface area contributed by atoms with Crippen molar-refractivity contribution in [3.8, 4) is 5.88 Å². The Bertz CT molecular complexity index is 1100. The fourth-order valence-electron chi connectivity index (χ4n) is 5.65. The summed E-state index contributed by atoms with van der Waals surface area (Å²) in [5, 5.41) is 10.1. The number of aromatic nitrogens is 1. The summed E-state index contributed by atoms with van der Waals surface area (Å²) < 4.78 is 5.69. The Morgan fingerprint density at radius 2 is 1.77 bits per heavy atom. The minimum Gasteiger partial charge on any atom is -0.481 e. The molecule has 6 nitrogen and oxygen atoms in total. The first-order valence-corrected chi connectivity index (χ1v) is 12.7. The molecule has 1 aliphatic carbocycles. The molecule has 0 bridgehead atoms. The molecule has 1 N–H and O–H groups in total. The number of nitrogens with zero attached hydrogens (tertiary/aromatic N) is 2. The number of carboxylic acid groups (broad SMARTS) is 1. The normalized spacial score (nSPS) is 21.5. The van der Waals surface area contributed by atoms with Gasteiger partial charge in [-0.3, -0.25) is 4.79 Å². The van der Waals surface area contributed by atoms with Crippen molar-refractivity contribution in [2.75, 3.05) is 7.11 Å². The molecule has 0 radical (unpaired) electrons. The van der Waals surface area contributed by atoms with E-state index in [2.05, 4.69) is 50.2 Å². The number of pyridine rings is 1. The first-order chi connectivity index (χ1) is 16.5. The standard InChI is InChI=1S/C29H38N2O4/c1-18(2)19-7-9-21(10-8-19)23(24-14-13-22(20-11-12-20)26(30-24)35-6)17-29(28(3,4)5)16-15-25(32)31(29)27(33)34/h7-10,13-14,18,20,23H,11-12,15-17H2,1-6H3,(H,33,34)/t23?,29-/m1/s1. The van der Waals surface area contributed by atoms with E-state index in [1.54, 1.807) is 7.11 Å². The Balaban J connectivity index is 1.84. The van der Waals surface area contributed by atoms with E-state index >= 15 is 0 Å². The monoisotopic (exact) mass is 478 g/mol. The van der Waals surface area contributed by atoms with Gasteiger partial charge in [-0.15, -0.1) is 0 Å². The van der Waals surface area contributed by atoms with Crippen molar-refractivity contribution in [3.63, 3.8) is 0 Å². The van der Waals surface area contributed by atoms with Crippen molar-refractivity contribution in [1.82, 2.24) is 9.88 Å². The Labute approximate surface area is 208 Å². The minimum absolute atomic E-state index is 0.189. The molecular weight excluding hydrogens is 440 g/mol. The van der Waals surface area contributed by atoms with Crippen LogP contribution in [0, 0.1) is 5.41 Å². The third-order valence-electron chi connectivity index (χ3n) is 8.04. The molecule has 1 saturated carbocycles. The number of rotatable bonds is 7. The Morgan fingerprint density at radius 1 is 1.14 bits per heavy atom. The van der Waals surface area contributed by atoms with Gasteiger partial charge in [0.2, 0.25) is 11.8 Å². The quantitative estimate of drug-likeness (QED) is 0.479. The van der Waals surface area contributed by atoms with Crippen molar-refractivity contribution in [1.29, 1.82) is 0 Å². The Morgan fingerprint density at radius 3 is 2.29 bits per heavy atom. The summed E-state index contributed by atoms with van der Waals surface area (Å²) in [6.07, 6.45) is 2.33. The first-order valence-electron chi connectivity index (χ1n) is 12.7. The first kappa shape index (κ1) is 25.2. The molecule has 6 heteroatoms. The zero-order valence-corrected chi connectivity index (χ0v) is 21.8. The van der Waals surface area contributed by atoms with Gasteiger partial charge in [0.25, 0.3) is 0 Å². The number of methoxy groups -OCH3 is 1. The van der Waals surface area contributed by atoms with Crippen LogP contribution in [0.3, 0.4) is 0 Å². The molecule has 35 heavy (non-hydrogen) atoms. The van der Waals surface area contributed by atoms with E-state index in [1.807, 2.05) is 20.8 Å². The van der Waals surface area contributed by atoms with Crippen molar-refractivity contribution in [2.24, 2.45) is 5.41 Å². The smallest absolute Gasteiger partial charge is 0.414 e. The number of hydrogen-bond acceptors (Lipinski definition) is 4. The average Bonchev–Trinajstić information content (AvgIpc) is 3.59. The predicted octanol–water partition coefficient (Wildman–Crippen LogP) is 6.70. The number of carbonyl (C=O) groups excluding carboxylic acids is 1. The van der Waals surface area contributed by atoms with E-state index in [1.165, 1.54) is 5.56 Å². The highest BCUT2D eigenvalue weighted by molar-refractivity contribution is 5.94. The average molecular weight is 479 g/mol. The SMILES string of the molecule is COc1nc(C(C[C@@]2(C(C)(C)C)CCC(=O)N2C(=O)O)c2ccc(C(C)C)cc2)ccc1C1CC1. The van der Waals surface area contributed by atoms with E-state index in [0.717, 1.165) is 34.6 Å². The van der Waals surface area contributed by atoms with Gasteiger partial charge in [-0.1, -0.05) is 65.0 Å². The lowest BCUT2D eigenvalue weighted by Crippen LogP contribution is -2.57. The second-order valence-electron chi connectivity index (χ2n) is 11.5. The van der Waals surface area contributed by atoms with Crippen LogP contribution in [-0.2, 0) is 4.79 Å². The molecule has 2 heterocycles. The van der Waals surface area contributed by atoms with E-state index in [4.69, 9.17) is 9.72 Å². The molecule has 188 valence electrons. The van der Waals surface area contributed by atoms with Gasteiger partial charge in [0.1, 0.15) is 0 Å². The van der Waals surface area contributed by atoms with Crippen LogP contribution < -0.4 is 4.74 Å². The van der Waals surface area contributed by atoms with Crippen LogP contribution in [0.5, 0.6) is 5.88 Å². The van der Waals surface area contributed by atoms with E-state index in [-0.39, 0.29) is 18.2 Å². The maximum Gasteiger partial charge on any atom is 0.414 e. The van der Waals surface area contributed by atoms with Crippen molar-refractivity contribution >= 4 is 12.0 Å². The highest BCUT2D eigenvalue weighted by Crippen LogP contribution is 2.51. The molecule has 2 fully saturated rings. The Kier molecular flexibility index (Phi) is 6.69. The third kappa shape index (κ3) is 4.67. The summed E-state index contributed by atoms with van der Waals surface area (Å²) in [6.45, 7) is 10.4. The van der Waals surface area contributed by atoms with E-state index < -0.39 is 17.0 Å². The number of benzene rings is 1. The predicted molar refractivity (Wildman–Crippen MR) is 136 cm³/mol. The molecule has 1 aromatic carbocycles. The molecule has 0 spiro atoms. The lowest BCUT2D eigenvalue weighted by molar-refractivity contribution is -0.131. The molecule has 1 unspecified atom stereocenters.